The van der Waals surface area contributed by atoms with E-state index in [1.807, 2.05) is 0 Å². The molecule has 0 radical (unpaired) electrons. The molecule has 1 fully saturated rings. The van der Waals surface area contributed by atoms with Crippen LogP contribution in [0, 0.1) is 18.8 Å². The van der Waals surface area contributed by atoms with Gasteiger partial charge in [-0.2, -0.15) is 0 Å². The van der Waals surface area contributed by atoms with Crippen LogP contribution >= 0.6 is 0 Å². The minimum Gasteiger partial charge on any atom is -0.367 e. The maximum atomic E-state index is 5.57. The van der Waals surface area contributed by atoms with Gasteiger partial charge in [0.2, 0.25) is 0 Å². The van der Waals surface area contributed by atoms with Crippen molar-refractivity contribution < 1.29 is 0 Å². The molecule has 0 aromatic heterocycles. The summed E-state index contributed by atoms with van der Waals surface area (Å²) in [6.07, 6.45) is 20.3. The molecule has 0 aliphatic heterocycles. The summed E-state index contributed by atoms with van der Waals surface area (Å²) in [6.45, 7) is 7.20. The van der Waals surface area contributed by atoms with Gasteiger partial charge in [0, 0.05) is 18.8 Å². The van der Waals surface area contributed by atoms with Crippen LogP contribution in [-0.2, 0) is 25.8 Å². The Kier molecular flexibility index (Phi) is 14.9. The summed E-state index contributed by atoms with van der Waals surface area (Å²) in [5.41, 5.74) is 12.7. The SMILES string of the molecule is C#C.CC1CCCC1.CCN(Cc1ccc(CCN)cc1)c1ccccc1.c1ccc2c(c1)CCCC2. The lowest BCUT2D eigenvalue weighted by atomic mass is 9.92. The molecule has 2 aliphatic carbocycles. The van der Waals surface area contributed by atoms with E-state index >= 15 is 0 Å². The Morgan fingerprint density at radius 2 is 1.24 bits per heavy atom. The summed E-state index contributed by atoms with van der Waals surface area (Å²) in [5.74, 6) is 1.05. The molecule has 2 N–H and O–H groups in total. The molecule has 2 aliphatic rings. The van der Waals surface area contributed by atoms with Gasteiger partial charge in [0.1, 0.15) is 0 Å². The Bertz CT molecular complexity index is 960. The van der Waals surface area contributed by atoms with Crippen molar-refractivity contribution in [2.24, 2.45) is 11.7 Å². The Morgan fingerprint density at radius 3 is 1.70 bits per heavy atom. The van der Waals surface area contributed by atoms with E-state index in [1.165, 1.54) is 68.2 Å². The second-order valence-electron chi connectivity index (χ2n) is 10.1. The lowest BCUT2D eigenvalue weighted by Gasteiger charge is -2.23. The average Bonchev–Trinajstić information content (AvgIpc) is 3.46. The Morgan fingerprint density at radius 1 is 0.730 bits per heavy atom. The van der Waals surface area contributed by atoms with Crippen molar-refractivity contribution in [3.05, 3.63) is 101 Å². The van der Waals surface area contributed by atoms with E-state index in [-0.39, 0.29) is 0 Å². The number of nitrogens with zero attached hydrogens (tertiary/aromatic N) is 1. The molecular weight excluding hydrogens is 448 g/mol. The van der Waals surface area contributed by atoms with Crippen LogP contribution in [0.1, 0.15) is 74.6 Å². The van der Waals surface area contributed by atoms with Crippen LogP contribution in [0.25, 0.3) is 0 Å². The van der Waals surface area contributed by atoms with Gasteiger partial charge in [-0.25, -0.2) is 0 Å². The van der Waals surface area contributed by atoms with Crippen LogP contribution in [0.2, 0.25) is 0 Å². The average molecular weight is 497 g/mol. The third-order valence-electron chi connectivity index (χ3n) is 7.24. The number of nitrogens with two attached hydrogens (primary N) is 1. The molecule has 0 saturated heterocycles. The molecule has 0 bridgehead atoms. The molecule has 0 atom stereocenters. The number of hydrogen-bond acceptors (Lipinski definition) is 2. The lowest BCUT2D eigenvalue weighted by Crippen LogP contribution is -2.21. The number of anilines is 1. The van der Waals surface area contributed by atoms with Gasteiger partial charge in [-0.1, -0.05) is 99.3 Å². The van der Waals surface area contributed by atoms with Crippen LogP contribution in [-0.4, -0.2) is 13.1 Å². The van der Waals surface area contributed by atoms with Crippen molar-refractivity contribution in [3.63, 3.8) is 0 Å². The maximum Gasteiger partial charge on any atom is 0.0429 e. The van der Waals surface area contributed by atoms with Crippen molar-refractivity contribution in [1.82, 2.24) is 0 Å². The number of fused-ring (bicyclic) bond motifs is 1. The summed E-state index contributed by atoms with van der Waals surface area (Å²) in [6, 6.07) is 28.1. The van der Waals surface area contributed by atoms with Gasteiger partial charge < -0.3 is 10.6 Å². The van der Waals surface area contributed by atoms with Crippen molar-refractivity contribution in [1.29, 1.82) is 0 Å². The third kappa shape index (κ3) is 11.3. The number of benzene rings is 3. The third-order valence-corrected chi connectivity index (χ3v) is 7.24. The molecule has 0 amide bonds. The molecule has 198 valence electrons. The minimum absolute atomic E-state index is 0.713. The molecule has 1 saturated carbocycles. The van der Waals surface area contributed by atoms with Crippen LogP contribution in [0.3, 0.4) is 0 Å². The van der Waals surface area contributed by atoms with Crippen molar-refractivity contribution in [2.45, 2.75) is 78.2 Å². The molecule has 2 heteroatoms. The molecule has 5 rings (SSSR count). The molecule has 3 aromatic rings. The largest absolute Gasteiger partial charge is 0.367 e. The quantitative estimate of drug-likeness (QED) is 0.348. The van der Waals surface area contributed by atoms with Crippen LogP contribution in [0.5, 0.6) is 0 Å². The van der Waals surface area contributed by atoms with Crippen LogP contribution in [0.15, 0.2) is 78.9 Å². The number of hydrogen-bond donors (Lipinski definition) is 1. The molecule has 3 aromatic carbocycles. The minimum atomic E-state index is 0.713. The Labute approximate surface area is 227 Å². The molecule has 0 spiro atoms. The first kappa shape index (κ1) is 30.2. The van der Waals surface area contributed by atoms with E-state index in [1.54, 1.807) is 11.1 Å². The van der Waals surface area contributed by atoms with Gasteiger partial charge in [-0.05, 0) is 85.9 Å². The Balaban J connectivity index is 0.000000220. The van der Waals surface area contributed by atoms with Crippen LogP contribution < -0.4 is 10.6 Å². The van der Waals surface area contributed by atoms with E-state index < -0.39 is 0 Å². The van der Waals surface area contributed by atoms with Gasteiger partial charge >= 0.3 is 0 Å². The highest BCUT2D eigenvalue weighted by Gasteiger charge is 2.08. The first-order valence-electron chi connectivity index (χ1n) is 14.2. The number of para-hydroxylation sites is 1. The fourth-order valence-corrected chi connectivity index (χ4v) is 5.03. The van der Waals surface area contributed by atoms with E-state index in [0.29, 0.717) is 6.54 Å². The number of terminal acetylenes is 1. The monoisotopic (exact) mass is 496 g/mol. The summed E-state index contributed by atoms with van der Waals surface area (Å²) in [5, 5.41) is 0. The zero-order valence-corrected chi connectivity index (χ0v) is 23.2. The smallest absolute Gasteiger partial charge is 0.0429 e. The highest BCUT2D eigenvalue weighted by molar-refractivity contribution is 5.46. The highest BCUT2D eigenvalue weighted by atomic mass is 15.1. The van der Waals surface area contributed by atoms with Crippen molar-refractivity contribution >= 4 is 5.69 Å². The standard InChI is InChI=1S/C17H22N2.C10H12.C6H12.C2H2/c1-2-19(17-6-4-3-5-7-17)14-16-10-8-15(9-11-16)12-13-18;1-2-6-10-8-4-3-7-9(10)5-1;1-6-4-2-3-5-6;1-2/h3-11H,2,12-14,18H2,1H3;1-2,5-6H,3-4,7-8H2;6H,2-5H2,1H3;1-2H. The predicted octanol–water partition coefficient (Wildman–Crippen LogP) is 8.23. The predicted molar refractivity (Wildman–Crippen MR) is 163 cm³/mol. The molecule has 2 nitrogen and oxygen atoms in total. The number of rotatable bonds is 6. The summed E-state index contributed by atoms with van der Waals surface area (Å²) in [4.78, 5) is 2.37. The van der Waals surface area contributed by atoms with Gasteiger partial charge in [-0.15, -0.1) is 12.8 Å². The van der Waals surface area contributed by atoms with Crippen molar-refractivity contribution in [3.8, 4) is 12.8 Å². The lowest BCUT2D eigenvalue weighted by molar-refractivity contribution is 0.612. The normalized spacial score (nSPS) is 14.0. The second kappa shape index (κ2) is 18.3. The Hall–Kier alpha value is -3.02. The molecular formula is C35H48N2. The van der Waals surface area contributed by atoms with Gasteiger partial charge in [0.05, 0.1) is 0 Å². The van der Waals surface area contributed by atoms with E-state index in [0.717, 1.165) is 25.4 Å². The van der Waals surface area contributed by atoms with Crippen LogP contribution in [0.4, 0.5) is 5.69 Å². The molecule has 37 heavy (non-hydrogen) atoms. The zero-order chi connectivity index (χ0) is 26.7. The van der Waals surface area contributed by atoms with E-state index in [9.17, 15) is 0 Å². The summed E-state index contributed by atoms with van der Waals surface area (Å²) in [7, 11) is 0. The zero-order valence-electron chi connectivity index (χ0n) is 23.2. The van der Waals surface area contributed by atoms with Crippen molar-refractivity contribution in [2.75, 3.05) is 18.0 Å². The highest BCUT2D eigenvalue weighted by Crippen LogP contribution is 2.23. The number of aryl methyl sites for hydroxylation is 2. The first-order valence-corrected chi connectivity index (χ1v) is 14.2. The first-order chi connectivity index (χ1) is 18.2. The fourth-order valence-electron chi connectivity index (χ4n) is 5.03. The van der Waals surface area contributed by atoms with E-state index in [4.69, 9.17) is 5.73 Å². The van der Waals surface area contributed by atoms with E-state index in [2.05, 4.69) is 110 Å². The van der Waals surface area contributed by atoms with Gasteiger partial charge in [0.15, 0.2) is 0 Å². The summed E-state index contributed by atoms with van der Waals surface area (Å²) >= 11 is 0. The maximum absolute atomic E-state index is 5.57. The molecule has 0 heterocycles. The fraction of sp³-hybridized carbons (Fsp3) is 0.429. The van der Waals surface area contributed by atoms with Gasteiger partial charge in [0.25, 0.3) is 0 Å². The summed E-state index contributed by atoms with van der Waals surface area (Å²) < 4.78 is 0. The second-order valence-corrected chi connectivity index (χ2v) is 10.1. The van der Waals surface area contributed by atoms with Gasteiger partial charge in [-0.3, -0.25) is 0 Å². The topological polar surface area (TPSA) is 29.3 Å². The molecule has 0 unspecified atom stereocenters.